The van der Waals surface area contributed by atoms with E-state index >= 15 is 0 Å². The van der Waals surface area contributed by atoms with E-state index in [9.17, 15) is 9.50 Å². The lowest BCUT2D eigenvalue weighted by Gasteiger charge is -2.12. The molecular formula is C13H10BrClFNO. The summed E-state index contributed by atoms with van der Waals surface area (Å²) in [6.45, 7) is 0. The molecule has 2 nitrogen and oxygen atoms in total. The predicted octanol–water partition coefficient (Wildman–Crippen LogP) is 3.91. The third kappa shape index (κ3) is 3.28. The van der Waals surface area contributed by atoms with Crippen LogP contribution in [0.2, 0.25) is 5.02 Å². The minimum Gasteiger partial charge on any atom is -0.388 e. The van der Waals surface area contributed by atoms with Crippen molar-refractivity contribution < 1.29 is 9.50 Å². The van der Waals surface area contributed by atoms with Gasteiger partial charge in [0.25, 0.3) is 0 Å². The Labute approximate surface area is 118 Å². The van der Waals surface area contributed by atoms with Crippen LogP contribution in [-0.4, -0.2) is 10.1 Å². The maximum Gasteiger partial charge on any atom is 0.129 e. The van der Waals surface area contributed by atoms with Gasteiger partial charge in [-0.3, -0.25) is 4.98 Å². The molecule has 0 aliphatic rings. The zero-order valence-electron chi connectivity index (χ0n) is 9.28. The first-order chi connectivity index (χ1) is 8.56. The molecule has 1 aromatic heterocycles. The molecule has 0 aliphatic carbocycles. The highest BCUT2D eigenvalue weighted by molar-refractivity contribution is 9.10. The minimum absolute atomic E-state index is 0.197. The van der Waals surface area contributed by atoms with Gasteiger partial charge in [-0.05, 0) is 45.8 Å². The molecule has 0 aliphatic heterocycles. The van der Waals surface area contributed by atoms with Gasteiger partial charge in [0, 0.05) is 33.9 Å². The number of pyridine rings is 1. The van der Waals surface area contributed by atoms with Crippen molar-refractivity contribution in [1.29, 1.82) is 0 Å². The Morgan fingerprint density at radius 3 is 2.83 bits per heavy atom. The van der Waals surface area contributed by atoms with Crippen LogP contribution in [0.5, 0.6) is 0 Å². The number of aliphatic hydroxyl groups excluding tert-OH is 1. The van der Waals surface area contributed by atoms with Crippen LogP contribution in [-0.2, 0) is 6.42 Å². The third-order valence-corrected chi connectivity index (χ3v) is 3.18. The van der Waals surface area contributed by atoms with Crippen LogP contribution >= 0.6 is 27.5 Å². The number of nitrogens with zero attached hydrogens (tertiary/aromatic N) is 1. The standard InChI is InChI=1S/C13H10BrClFNO/c14-9-3-8(6-17-7-9)4-13(18)11-5-10(15)1-2-12(11)16/h1-3,5-7,13,18H,4H2. The molecule has 0 fully saturated rings. The van der Waals surface area contributed by atoms with E-state index in [1.807, 2.05) is 6.07 Å². The number of rotatable bonds is 3. The summed E-state index contributed by atoms with van der Waals surface area (Å²) in [4.78, 5) is 3.99. The van der Waals surface area contributed by atoms with Crippen molar-refractivity contribution in [3.05, 3.63) is 63.1 Å². The first-order valence-corrected chi connectivity index (χ1v) is 6.46. The average molecular weight is 331 g/mol. The van der Waals surface area contributed by atoms with Crippen LogP contribution in [0, 0.1) is 5.82 Å². The maximum atomic E-state index is 13.6. The van der Waals surface area contributed by atoms with Crippen LogP contribution in [0.15, 0.2) is 41.1 Å². The van der Waals surface area contributed by atoms with Gasteiger partial charge in [0.1, 0.15) is 5.82 Å². The fraction of sp³-hybridized carbons (Fsp3) is 0.154. The molecule has 18 heavy (non-hydrogen) atoms. The molecule has 0 saturated heterocycles. The lowest BCUT2D eigenvalue weighted by Crippen LogP contribution is -2.04. The van der Waals surface area contributed by atoms with Gasteiger partial charge in [-0.15, -0.1) is 0 Å². The molecular weight excluding hydrogens is 321 g/mol. The minimum atomic E-state index is -0.945. The molecule has 1 N–H and O–H groups in total. The molecule has 0 amide bonds. The quantitative estimate of drug-likeness (QED) is 0.925. The van der Waals surface area contributed by atoms with E-state index in [0.717, 1.165) is 10.0 Å². The van der Waals surface area contributed by atoms with Crippen molar-refractivity contribution in [2.24, 2.45) is 0 Å². The molecule has 0 radical (unpaired) electrons. The van der Waals surface area contributed by atoms with Crippen LogP contribution in [0.4, 0.5) is 4.39 Å². The van der Waals surface area contributed by atoms with Crippen LogP contribution in [0.25, 0.3) is 0 Å². The Balaban J connectivity index is 2.21. The number of aromatic nitrogens is 1. The Bertz CT molecular complexity index is 564. The Hall–Kier alpha value is -0.970. The van der Waals surface area contributed by atoms with E-state index in [0.29, 0.717) is 5.02 Å². The Morgan fingerprint density at radius 2 is 2.11 bits per heavy atom. The van der Waals surface area contributed by atoms with E-state index in [1.54, 1.807) is 12.4 Å². The summed E-state index contributed by atoms with van der Waals surface area (Å²) in [6, 6.07) is 5.97. The fourth-order valence-electron chi connectivity index (χ4n) is 1.67. The normalized spacial score (nSPS) is 12.4. The van der Waals surface area contributed by atoms with E-state index in [2.05, 4.69) is 20.9 Å². The third-order valence-electron chi connectivity index (χ3n) is 2.51. The van der Waals surface area contributed by atoms with Crippen LogP contribution < -0.4 is 0 Å². The van der Waals surface area contributed by atoms with Gasteiger partial charge in [0.2, 0.25) is 0 Å². The lowest BCUT2D eigenvalue weighted by molar-refractivity contribution is 0.173. The summed E-state index contributed by atoms with van der Waals surface area (Å²) in [5.74, 6) is -0.463. The topological polar surface area (TPSA) is 33.1 Å². The van der Waals surface area contributed by atoms with Gasteiger partial charge < -0.3 is 5.11 Å². The monoisotopic (exact) mass is 329 g/mol. The smallest absolute Gasteiger partial charge is 0.129 e. The first kappa shape index (κ1) is 13.5. The molecule has 0 spiro atoms. The summed E-state index contributed by atoms with van der Waals surface area (Å²) in [6.07, 6.45) is 2.62. The molecule has 1 unspecified atom stereocenters. The van der Waals surface area contributed by atoms with Crippen molar-refractivity contribution in [3.8, 4) is 0 Å². The molecule has 1 heterocycles. The van der Waals surface area contributed by atoms with Gasteiger partial charge in [-0.25, -0.2) is 4.39 Å². The Morgan fingerprint density at radius 1 is 1.33 bits per heavy atom. The summed E-state index contributed by atoms with van der Waals surface area (Å²) >= 11 is 9.09. The van der Waals surface area contributed by atoms with E-state index in [4.69, 9.17) is 11.6 Å². The van der Waals surface area contributed by atoms with Crippen molar-refractivity contribution in [2.45, 2.75) is 12.5 Å². The average Bonchev–Trinajstić information content (AvgIpc) is 2.32. The van der Waals surface area contributed by atoms with Gasteiger partial charge in [0.15, 0.2) is 0 Å². The highest BCUT2D eigenvalue weighted by atomic mass is 79.9. The van der Waals surface area contributed by atoms with Crippen molar-refractivity contribution >= 4 is 27.5 Å². The first-order valence-electron chi connectivity index (χ1n) is 5.28. The summed E-state index contributed by atoms with van der Waals surface area (Å²) in [7, 11) is 0. The van der Waals surface area contributed by atoms with Gasteiger partial charge in [0.05, 0.1) is 6.10 Å². The fourth-order valence-corrected chi connectivity index (χ4v) is 2.26. The molecule has 2 rings (SSSR count). The number of halogens is 3. The lowest BCUT2D eigenvalue weighted by atomic mass is 10.0. The number of benzene rings is 1. The zero-order valence-corrected chi connectivity index (χ0v) is 11.6. The predicted molar refractivity (Wildman–Crippen MR) is 72.0 cm³/mol. The van der Waals surface area contributed by atoms with Gasteiger partial charge in [-0.1, -0.05) is 11.6 Å². The molecule has 1 aromatic carbocycles. The van der Waals surface area contributed by atoms with Crippen molar-refractivity contribution in [2.75, 3.05) is 0 Å². The molecule has 5 heteroatoms. The van der Waals surface area contributed by atoms with E-state index in [1.165, 1.54) is 18.2 Å². The highest BCUT2D eigenvalue weighted by Crippen LogP contribution is 2.24. The number of hydrogen-bond acceptors (Lipinski definition) is 2. The van der Waals surface area contributed by atoms with Crippen molar-refractivity contribution in [1.82, 2.24) is 4.98 Å². The summed E-state index contributed by atoms with van der Waals surface area (Å²) in [5.41, 5.74) is 1.01. The highest BCUT2D eigenvalue weighted by Gasteiger charge is 2.14. The van der Waals surface area contributed by atoms with Crippen molar-refractivity contribution in [3.63, 3.8) is 0 Å². The molecule has 0 bridgehead atoms. The van der Waals surface area contributed by atoms with E-state index in [-0.39, 0.29) is 12.0 Å². The van der Waals surface area contributed by atoms with Crippen LogP contribution in [0.1, 0.15) is 17.2 Å². The van der Waals surface area contributed by atoms with Crippen LogP contribution in [0.3, 0.4) is 0 Å². The second-order valence-corrected chi connectivity index (χ2v) is 5.25. The summed E-state index contributed by atoms with van der Waals surface area (Å²) in [5, 5.41) is 10.4. The molecule has 94 valence electrons. The molecule has 1 atom stereocenters. The van der Waals surface area contributed by atoms with E-state index < -0.39 is 11.9 Å². The van der Waals surface area contributed by atoms with Gasteiger partial charge in [-0.2, -0.15) is 0 Å². The SMILES string of the molecule is OC(Cc1cncc(Br)c1)c1cc(Cl)ccc1F. The number of aliphatic hydroxyl groups is 1. The maximum absolute atomic E-state index is 13.6. The number of hydrogen-bond donors (Lipinski definition) is 1. The van der Waals surface area contributed by atoms with Gasteiger partial charge >= 0.3 is 0 Å². The largest absolute Gasteiger partial charge is 0.388 e. The Kier molecular flexibility index (Phi) is 4.32. The second kappa shape index (κ2) is 5.78. The molecule has 0 saturated carbocycles. The summed E-state index contributed by atoms with van der Waals surface area (Å²) < 4.78 is 14.4. The second-order valence-electron chi connectivity index (χ2n) is 3.90. The molecule has 2 aromatic rings. The zero-order chi connectivity index (χ0) is 13.1.